The maximum absolute atomic E-state index is 11.9. The van der Waals surface area contributed by atoms with E-state index >= 15 is 0 Å². The van der Waals surface area contributed by atoms with Crippen molar-refractivity contribution in [3.8, 4) is 5.75 Å². The summed E-state index contributed by atoms with van der Waals surface area (Å²) < 4.78 is 5.22. The number of anilines is 1. The lowest BCUT2D eigenvalue weighted by atomic mass is 10.2. The maximum Gasteiger partial charge on any atom is 0.316 e. The molecule has 0 aliphatic heterocycles. The first-order chi connectivity index (χ1) is 12.0. The summed E-state index contributed by atoms with van der Waals surface area (Å²) in [6, 6.07) is 11.5. The van der Waals surface area contributed by atoms with Crippen LogP contribution in [-0.4, -0.2) is 19.0 Å². The molecule has 0 aliphatic rings. The van der Waals surface area contributed by atoms with E-state index in [1.807, 2.05) is 0 Å². The van der Waals surface area contributed by atoms with Gasteiger partial charge >= 0.3 is 6.03 Å². The molecule has 25 heavy (non-hydrogen) atoms. The smallest absolute Gasteiger partial charge is 0.316 e. The Morgan fingerprint density at radius 1 is 1.20 bits per heavy atom. The van der Waals surface area contributed by atoms with E-state index in [0.29, 0.717) is 28.6 Å². The van der Waals surface area contributed by atoms with Gasteiger partial charge in [-0.05, 0) is 42.0 Å². The van der Waals surface area contributed by atoms with E-state index < -0.39 is 6.03 Å². The van der Waals surface area contributed by atoms with Gasteiger partial charge in [-0.2, -0.15) is 0 Å². The molecule has 0 saturated carbocycles. The number of carbonyl (C=O) groups excluding carboxylic acids is 2. The molecule has 2 rings (SSSR count). The highest BCUT2D eigenvalue weighted by Gasteiger charge is 2.02. The Bertz CT molecular complexity index is 789. The van der Waals surface area contributed by atoms with Gasteiger partial charge in [0.1, 0.15) is 5.75 Å². The van der Waals surface area contributed by atoms with Crippen LogP contribution >= 0.6 is 11.6 Å². The second kappa shape index (κ2) is 8.75. The van der Waals surface area contributed by atoms with E-state index in [1.165, 1.54) is 6.08 Å². The number of halogens is 1. The van der Waals surface area contributed by atoms with Gasteiger partial charge in [-0.15, -0.1) is 0 Å². The molecule has 2 aromatic rings. The lowest BCUT2D eigenvalue weighted by molar-refractivity contribution is -0.116. The molecule has 0 atom stereocenters. The largest absolute Gasteiger partial charge is 0.496 e. The normalized spacial score (nSPS) is 10.5. The van der Waals surface area contributed by atoms with Crippen LogP contribution in [0.3, 0.4) is 0 Å². The monoisotopic (exact) mass is 359 g/mol. The lowest BCUT2D eigenvalue weighted by Gasteiger charge is -2.06. The molecule has 0 saturated heterocycles. The summed E-state index contributed by atoms with van der Waals surface area (Å²) in [6.07, 6.45) is 3.05. The predicted molar refractivity (Wildman–Crippen MR) is 98.5 cm³/mol. The third-order valence-corrected chi connectivity index (χ3v) is 3.53. The van der Waals surface area contributed by atoms with Gasteiger partial charge in [0.2, 0.25) is 5.91 Å². The topological polar surface area (TPSA) is 93.4 Å². The first-order valence-corrected chi connectivity index (χ1v) is 7.80. The second-order valence-electron chi connectivity index (χ2n) is 5.12. The lowest BCUT2D eigenvalue weighted by Crippen LogP contribution is -2.20. The predicted octanol–water partition coefficient (Wildman–Crippen LogP) is 3.17. The Labute approximate surface area is 150 Å². The van der Waals surface area contributed by atoms with Crippen molar-refractivity contribution in [2.24, 2.45) is 5.73 Å². The van der Waals surface area contributed by atoms with Crippen LogP contribution < -0.4 is 21.1 Å². The number of rotatable bonds is 6. The first-order valence-electron chi connectivity index (χ1n) is 7.43. The van der Waals surface area contributed by atoms with Crippen molar-refractivity contribution in [3.05, 3.63) is 64.7 Å². The van der Waals surface area contributed by atoms with Crippen LogP contribution in [0.5, 0.6) is 5.75 Å². The summed E-state index contributed by atoms with van der Waals surface area (Å²) in [6.45, 7) is 0.354. The van der Waals surface area contributed by atoms with Gasteiger partial charge in [0, 0.05) is 28.9 Å². The second-order valence-corrected chi connectivity index (χ2v) is 5.56. The third kappa shape index (κ3) is 5.86. The maximum atomic E-state index is 11.9. The van der Waals surface area contributed by atoms with Gasteiger partial charge in [0.15, 0.2) is 0 Å². The molecule has 130 valence electrons. The SMILES string of the molecule is COc1ccc(Cl)cc1C=CC(=O)NCc1ccc(NC(N)=O)cc1. The number of hydrogen-bond donors (Lipinski definition) is 3. The van der Waals surface area contributed by atoms with E-state index in [4.69, 9.17) is 22.1 Å². The zero-order chi connectivity index (χ0) is 18.2. The van der Waals surface area contributed by atoms with Crippen LogP contribution in [-0.2, 0) is 11.3 Å². The number of nitrogens with two attached hydrogens (primary N) is 1. The highest BCUT2D eigenvalue weighted by molar-refractivity contribution is 6.30. The van der Waals surface area contributed by atoms with Gasteiger partial charge < -0.3 is 21.1 Å². The van der Waals surface area contributed by atoms with Gasteiger partial charge in [-0.25, -0.2) is 4.79 Å². The number of ether oxygens (including phenoxy) is 1. The van der Waals surface area contributed by atoms with Crippen LogP contribution in [0, 0.1) is 0 Å². The quantitative estimate of drug-likeness (QED) is 0.691. The van der Waals surface area contributed by atoms with E-state index in [1.54, 1.807) is 55.7 Å². The van der Waals surface area contributed by atoms with Crippen molar-refractivity contribution in [2.75, 3.05) is 12.4 Å². The van der Waals surface area contributed by atoms with Crippen LogP contribution in [0.2, 0.25) is 5.02 Å². The van der Waals surface area contributed by atoms with Crippen LogP contribution in [0.25, 0.3) is 6.08 Å². The molecule has 2 aromatic carbocycles. The van der Waals surface area contributed by atoms with Gasteiger partial charge in [0.25, 0.3) is 0 Å². The molecule has 0 radical (unpaired) electrons. The number of nitrogens with one attached hydrogen (secondary N) is 2. The van der Waals surface area contributed by atoms with Gasteiger partial charge in [-0.1, -0.05) is 23.7 Å². The Hall–Kier alpha value is -2.99. The molecule has 0 heterocycles. The summed E-state index contributed by atoms with van der Waals surface area (Å²) in [5, 5.41) is 5.80. The summed E-state index contributed by atoms with van der Waals surface area (Å²) >= 11 is 5.95. The number of primary amides is 1. The van der Waals surface area contributed by atoms with Crippen LogP contribution in [0.15, 0.2) is 48.5 Å². The summed E-state index contributed by atoms with van der Waals surface area (Å²) in [4.78, 5) is 22.7. The minimum atomic E-state index is -0.623. The summed E-state index contributed by atoms with van der Waals surface area (Å²) in [5.41, 5.74) is 7.23. The van der Waals surface area contributed by atoms with E-state index in [2.05, 4.69) is 10.6 Å². The number of amides is 3. The molecular weight excluding hydrogens is 342 g/mol. The molecule has 0 bridgehead atoms. The zero-order valence-electron chi connectivity index (χ0n) is 13.6. The summed E-state index contributed by atoms with van der Waals surface area (Å²) in [7, 11) is 1.55. The molecule has 0 aromatic heterocycles. The molecule has 4 N–H and O–H groups in total. The van der Waals surface area contributed by atoms with Crippen molar-refractivity contribution < 1.29 is 14.3 Å². The third-order valence-electron chi connectivity index (χ3n) is 3.29. The standard InChI is InChI=1S/C18H18ClN3O3/c1-25-16-8-5-14(19)10-13(16)4-9-17(23)21-11-12-2-6-15(7-3-12)22-18(20)24/h2-10H,11H2,1H3,(H,21,23)(H3,20,22,24). The molecule has 0 fully saturated rings. The Morgan fingerprint density at radius 3 is 2.56 bits per heavy atom. The van der Waals surface area contributed by atoms with Crippen molar-refractivity contribution in [3.63, 3.8) is 0 Å². The van der Waals surface area contributed by atoms with Crippen molar-refractivity contribution >= 4 is 35.3 Å². The summed E-state index contributed by atoms with van der Waals surface area (Å²) in [5.74, 6) is 0.382. The van der Waals surface area contributed by atoms with Crippen molar-refractivity contribution in [1.82, 2.24) is 5.32 Å². The highest BCUT2D eigenvalue weighted by atomic mass is 35.5. The fourth-order valence-corrected chi connectivity index (χ4v) is 2.28. The van der Waals surface area contributed by atoms with Gasteiger partial charge in [-0.3, -0.25) is 4.79 Å². The fourth-order valence-electron chi connectivity index (χ4n) is 2.10. The molecule has 0 unspecified atom stereocenters. The van der Waals surface area contributed by atoms with Crippen LogP contribution in [0.1, 0.15) is 11.1 Å². The van der Waals surface area contributed by atoms with Gasteiger partial charge in [0.05, 0.1) is 7.11 Å². The fraction of sp³-hybridized carbons (Fsp3) is 0.111. The average molecular weight is 360 g/mol. The highest BCUT2D eigenvalue weighted by Crippen LogP contribution is 2.23. The number of benzene rings is 2. The number of methoxy groups -OCH3 is 1. The van der Waals surface area contributed by atoms with Crippen molar-refractivity contribution in [2.45, 2.75) is 6.54 Å². The molecule has 3 amide bonds. The van der Waals surface area contributed by atoms with E-state index in [0.717, 1.165) is 5.56 Å². The number of carbonyl (C=O) groups is 2. The molecule has 0 spiro atoms. The zero-order valence-corrected chi connectivity index (χ0v) is 14.3. The molecule has 7 heteroatoms. The average Bonchev–Trinajstić information content (AvgIpc) is 2.59. The van der Waals surface area contributed by atoms with Crippen molar-refractivity contribution in [1.29, 1.82) is 0 Å². The first kappa shape index (κ1) is 18.4. The number of urea groups is 1. The Kier molecular flexibility index (Phi) is 6.42. The molecular formula is C18H18ClN3O3. The van der Waals surface area contributed by atoms with E-state index in [-0.39, 0.29) is 5.91 Å². The molecule has 0 aliphatic carbocycles. The minimum absolute atomic E-state index is 0.249. The molecule has 6 nitrogen and oxygen atoms in total. The minimum Gasteiger partial charge on any atom is -0.496 e. The Balaban J connectivity index is 1.92. The van der Waals surface area contributed by atoms with Crippen LogP contribution in [0.4, 0.5) is 10.5 Å². The van der Waals surface area contributed by atoms with E-state index in [9.17, 15) is 9.59 Å². The Morgan fingerprint density at radius 2 is 1.92 bits per heavy atom. The number of hydrogen-bond acceptors (Lipinski definition) is 3.